The Bertz CT molecular complexity index is 740. The maximum absolute atomic E-state index is 5.90. The zero-order valence-corrected chi connectivity index (χ0v) is 12.0. The summed E-state index contributed by atoms with van der Waals surface area (Å²) in [5.41, 5.74) is 10.3. The van der Waals surface area contributed by atoms with Crippen LogP contribution in [0.15, 0.2) is 55.0 Å². The van der Waals surface area contributed by atoms with Crippen molar-refractivity contribution < 1.29 is 0 Å². The summed E-state index contributed by atoms with van der Waals surface area (Å²) in [4.78, 5) is 10.8. The molecule has 2 aromatic heterocycles. The molecule has 0 fully saturated rings. The van der Waals surface area contributed by atoms with E-state index in [9.17, 15) is 0 Å². The summed E-state index contributed by atoms with van der Waals surface area (Å²) in [6.45, 7) is 1.29. The van der Waals surface area contributed by atoms with E-state index in [0.717, 1.165) is 28.7 Å². The highest BCUT2D eigenvalue weighted by molar-refractivity contribution is 5.93. The SMILES string of the molecule is CN(Cc1ccncc1)c1c(CN)cnc2ccccc12. The molecule has 0 radical (unpaired) electrons. The molecule has 0 amide bonds. The minimum absolute atomic E-state index is 0.480. The number of pyridine rings is 2. The Labute approximate surface area is 124 Å². The Balaban J connectivity index is 2.05. The predicted octanol–water partition coefficient (Wildman–Crippen LogP) is 2.72. The van der Waals surface area contributed by atoms with Gasteiger partial charge in [0.25, 0.3) is 0 Å². The van der Waals surface area contributed by atoms with Crippen molar-refractivity contribution >= 4 is 16.6 Å². The molecular formula is C17H18N4. The van der Waals surface area contributed by atoms with Gasteiger partial charge in [-0.25, -0.2) is 0 Å². The molecule has 106 valence electrons. The average Bonchev–Trinajstić information content (AvgIpc) is 2.54. The fourth-order valence-electron chi connectivity index (χ4n) is 2.61. The maximum atomic E-state index is 5.90. The molecule has 2 heterocycles. The van der Waals surface area contributed by atoms with Gasteiger partial charge >= 0.3 is 0 Å². The van der Waals surface area contributed by atoms with Crippen LogP contribution in [0.5, 0.6) is 0 Å². The van der Waals surface area contributed by atoms with Crippen molar-refractivity contribution in [2.75, 3.05) is 11.9 Å². The lowest BCUT2D eigenvalue weighted by atomic mass is 10.1. The Morgan fingerprint density at radius 1 is 1.10 bits per heavy atom. The zero-order chi connectivity index (χ0) is 14.7. The Hall–Kier alpha value is -2.46. The molecule has 1 aromatic carbocycles. The Morgan fingerprint density at radius 3 is 2.62 bits per heavy atom. The lowest BCUT2D eigenvalue weighted by molar-refractivity contribution is 0.904. The number of rotatable bonds is 4. The number of aromatic nitrogens is 2. The van der Waals surface area contributed by atoms with Gasteiger partial charge < -0.3 is 10.6 Å². The highest BCUT2D eigenvalue weighted by Gasteiger charge is 2.12. The molecule has 0 unspecified atom stereocenters. The number of nitrogens with two attached hydrogens (primary N) is 1. The van der Waals surface area contributed by atoms with Crippen LogP contribution in [0.25, 0.3) is 10.9 Å². The van der Waals surface area contributed by atoms with Gasteiger partial charge in [-0.15, -0.1) is 0 Å². The standard InChI is InChI=1S/C17H18N4/c1-21(12-13-6-8-19-9-7-13)17-14(10-18)11-20-16-5-3-2-4-15(16)17/h2-9,11H,10,12,18H2,1H3. The average molecular weight is 278 g/mol. The van der Waals surface area contributed by atoms with Crippen molar-refractivity contribution in [1.29, 1.82) is 0 Å². The summed E-state index contributed by atoms with van der Waals surface area (Å²) in [5, 5.41) is 1.14. The summed E-state index contributed by atoms with van der Waals surface area (Å²) < 4.78 is 0. The van der Waals surface area contributed by atoms with Crippen LogP contribution in [0.2, 0.25) is 0 Å². The third-order valence-corrected chi connectivity index (χ3v) is 3.59. The third kappa shape index (κ3) is 2.71. The van der Waals surface area contributed by atoms with Gasteiger partial charge in [0.1, 0.15) is 0 Å². The van der Waals surface area contributed by atoms with Crippen LogP contribution in [0.4, 0.5) is 5.69 Å². The monoisotopic (exact) mass is 278 g/mol. The predicted molar refractivity (Wildman–Crippen MR) is 86.0 cm³/mol. The van der Waals surface area contributed by atoms with Gasteiger partial charge in [-0.2, -0.15) is 0 Å². The van der Waals surface area contributed by atoms with Crippen molar-refractivity contribution in [2.45, 2.75) is 13.1 Å². The number of benzene rings is 1. The van der Waals surface area contributed by atoms with E-state index < -0.39 is 0 Å². The molecule has 21 heavy (non-hydrogen) atoms. The van der Waals surface area contributed by atoms with Gasteiger partial charge in [0, 0.05) is 49.7 Å². The molecule has 4 nitrogen and oxygen atoms in total. The molecule has 0 aliphatic carbocycles. The molecular weight excluding hydrogens is 260 g/mol. The number of fused-ring (bicyclic) bond motifs is 1. The summed E-state index contributed by atoms with van der Waals surface area (Å²) in [7, 11) is 2.08. The van der Waals surface area contributed by atoms with Crippen LogP contribution >= 0.6 is 0 Å². The summed E-state index contributed by atoms with van der Waals surface area (Å²) in [5.74, 6) is 0. The lowest BCUT2D eigenvalue weighted by Crippen LogP contribution is -2.19. The first-order valence-corrected chi connectivity index (χ1v) is 6.96. The van der Waals surface area contributed by atoms with E-state index >= 15 is 0 Å². The Morgan fingerprint density at radius 2 is 1.86 bits per heavy atom. The number of nitrogens with zero attached hydrogens (tertiary/aromatic N) is 3. The fourth-order valence-corrected chi connectivity index (χ4v) is 2.61. The molecule has 3 rings (SSSR count). The van der Waals surface area contributed by atoms with E-state index in [4.69, 9.17) is 5.73 Å². The van der Waals surface area contributed by atoms with Crippen LogP contribution in [0.3, 0.4) is 0 Å². The molecule has 0 aliphatic heterocycles. The Kier molecular flexibility index (Phi) is 3.79. The van der Waals surface area contributed by atoms with E-state index in [0.29, 0.717) is 6.54 Å². The van der Waals surface area contributed by atoms with Gasteiger partial charge in [0.2, 0.25) is 0 Å². The van der Waals surface area contributed by atoms with Crippen LogP contribution < -0.4 is 10.6 Å². The topological polar surface area (TPSA) is 55.0 Å². The van der Waals surface area contributed by atoms with Crippen LogP contribution in [-0.4, -0.2) is 17.0 Å². The van der Waals surface area contributed by atoms with Crippen molar-refractivity contribution in [3.63, 3.8) is 0 Å². The highest BCUT2D eigenvalue weighted by atomic mass is 15.1. The molecule has 0 bridgehead atoms. The molecule has 4 heteroatoms. The molecule has 0 spiro atoms. The van der Waals surface area contributed by atoms with Crippen LogP contribution in [0, 0.1) is 0 Å². The maximum Gasteiger partial charge on any atom is 0.0723 e. The normalized spacial score (nSPS) is 10.8. The summed E-state index contributed by atoms with van der Waals surface area (Å²) in [6, 6.07) is 12.2. The molecule has 2 N–H and O–H groups in total. The molecule has 3 aromatic rings. The van der Waals surface area contributed by atoms with Crippen LogP contribution in [-0.2, 0) is 13.1 Å². The van der Waals surface area contributed by atoms with E-state index in [2.05, 4.69) is 28.0 Å². The van der Waals surface area contributed by atoms with Crippen LogP contribution in [0.1, 0.15) is 11.1 Å². The van der Waals surface area contributed by atoms with Crippen molar-refractivity contribution in [3.05, 3.63) is 66.1 Å². The lowest BCUT2D eigenvalue weighted by Gasteiger charge is -2.24. The highest BCUT2D eigenvalue weighted by Crippen LogP contribution is 2.29. The largest absolute Gasteiger partial charge is 0.369 e. The second-order valence-corrected chi connectivity index (χ2v) is 5.06. The quantitative estimate of drug-likeness (QED) is 0.797. The minimum Gasteiger partial charge on any atom is -0.369 e. The van der Waals surface area contributed by atoms with Gasteiger partial charge in [-0.3, -0.25) is 9.97 Å². The van der Waals surface area contributed by atoms with Crippen molar-refractivity contribution in [3.8, 4) is 0 Å². The van der Waals surface area contributed by atoms with Crippen molar-refractivity contribution in [2.24, 2.45) is 5.73 Å². The number of anilines is 1. The first-order chi connectivity index (χ1) is 10.3. The molecule has 0 atom stereocenters. The minimum atomic E-state index is 0.480. The van der Waals surface area contributed by atoms with Gasteiger partial charge in [0.15, 0.2) is 0 Å². The third-order valence-electron chi connectivity index (χ3n) is 3.59. The first kappa shape index (κ1) is 13.5. The van der Waals surface area contributed by atoms with Gasteiger partial charge in [0.05, 0.1) is 11.2 Å². The molecule has 0 saturated carbocycles. The van der Waals surface area contributed by atoms with E-state index in [-0.39, 0.29) is 0 Å². The van der Waals surface area contributed by atoms with Gasteiger partial charge in [-0.05, 0) is 23.8 Å². The number of hydrogen-bond acceptors (Lipinski definition) is 4. The number of para-hydroxylation sites is 1. The van der Waals surface area contributed by atoms with E-state index in [1.807, 2.05) is 48.9 Å². The molecule has 0 saturated heterocycles. The second kappa shape index (κ2) is 5.89. The van der Waals surface area contributed by atoms with E-state index in [1.165, 1.54) is 5.56 Å². The summed E-state index contributed by atoms with van der Waals surface area (Å²) in [6.07, 6.45) is 5.51. The second-order valence-electron chi connectivity index (χ2n) is 5.06. The zero-order valence-electron chi connectivity index (χ0n) is 12.0. The fraction of sp³-hybridized carbons (Fsp3) is 0.176. The van der Waals surface area contributed by atoms with E-state index in [1.54, 1.807) is 0 Å². The smallest absolute Gasteiger partial charge is 0.0723 e. The van der Waals surface area contributed by atoms with Crippen molar-refractivity contribution in [1.82, 2.24) is 9.97 Å². The molecule has 0 aliphatic rings. The summed E-state index contributed by atoms with van der Waals surface area (Å²) >= 11 is 0. The van der Waals surface area contributed by atoms with Gasteiger partial charge in [-0.1, -0.05) is 18.2 Å². The number of hydrogen-bond donors (Lipinski definition) is 1. The first-order valence-electron chi connectivity index (χ1n) is 6.96.